The SMILES string of the molecule is CCc1c(OC(F)(F)F)cc(NC)c(O)c1C(C)=O. The Morgan fingerprint density at radius 2 is 2.05 bits per heavy atom. The van der Waals surface area contributed by atoms with Crippen LogP contribution < -0.4 is 10.1 Å². The van der Waals surface area contributed by atoms with E-state index >= 15 is 0 Å². The number of aromatic hydroxyl groups is 1. The van der Waals surface area contributed by atoms with E-state index in [0.29, 0.717) is 0 Å². The Hall–Kier alpha value is -1.92. The van der Waals surface area contributed by atoms with Gasteiger partial charge in [-0.25, -0.2) is 0 Å². The zero-order valence-corrected chi connectivity index (χ0v) is 10.7. The lowest BCUT2D eigenvalue weighted by Crippen LogP contribution is -2.19. The first-order chi connectivity index (χ1) is 8.71. The van der Waals surface area contributed by atoms with Gasteiger partial charge in [0.15, 0.2) is 5.78 Å². The highest BCUT2D eigenvalue weighted by Crippen LogP contribution is 2.39. The third kappa shape index (κ3) is 3.30. The second-order valence-electron chi connectivity index (χ2n) is 3.83. The van der Waals surface area contributed by atoms with Crippen LogP contribution in [0.4, 0.5) is 18.9 Å². The zero-order valence-electron chi connectivity index (χ0n) is 10.7. The standard InChI is InChI=1S/C12H14F3NO3/c1-4-7-9(19-12(13,14)15)5-8(16-3)11(18)10(7)6(2)17/h5,16,18H,4H2,1-3H3. The van der Waals surface area contributed by atoms with Crippen molar-refractivity contribution in [2.75, 3.05) is 12.4 Å². The van der Waals surface area contributed by atoms with E-state index in [2.05, 4.69) is 10.1 Å². The molecular weight excluding hydrogens is 263 g/mol. The fourth-order valence-corrected chi connectivity index (χ4v) is 1.82. The fraction of sp³-hybridized carbons (Fsp3) is 0.417. The molecule has 1 aromatic rings. The molecule has 0 aliphatic carbocycles. The van der Waals surface area contributed by atoms with Gasteiger partial charge >= 0.3 is 6.36 Å². The van der Waals surface area contributed by atoms with E-state index in [0.717, 1.165) is 6.07 Å². The van der Waals surface area contributed by atoms with Gasteiger partial charge < -0.3 is 15.2 Å². The number of anilines is 1. The first-order valence-corrected chi connectivity index (χ1v) is 5.54. The number of carbonyl (C=O) groups is 1. The molecule has 2 N–H and O–H groups in total. The maximum atomic E-state index is 12.3. The third-order valence-corrected chi connectivity index (χ3v) is 2.57. The molecule has 0 radical (unpaired) electrons. The molecule has 0 saturated heterocycles. The molecular formula is C12H14F3NO3. The van der Waals surface area contributed by atoms with Crippen molar-refractivity contribution in [2.45, 2.75) is 26.6 Å². The Balaban J connectivity index is 3.54. The van der Waals surface area contributed by atoms with Crippen molar-refractivity contribution < 1.29 is 27.8 Å². The number of phenolic OH excluding ortho intramolecular Hbond substituents is 1. The number of alkyl halides is 3. The van der Waals surface area contributed by atoms with E-state index in [-0.39, 0.29) is 29.0 Å². The molecule has 0 aromatic heterocycles. The normalized spacial score (nSPS) is 11.3. The molecule has 19 heavy (non-hydrogen) atoms. The van der Waals surface area contributed by atoms with Crippen molar-refractivity contribution in [3.8, 4) is 11.5 Å². The number of rotatable bonds is 4. The number of Topliss-reactive ketones (excluding diaryl/α,β-unsaturated/α-hetero) is 1. The molecule has 0 unspecified atom stereocenters. The van der Waals surface area contributed by atoms with Gasteiger partial charge in [0.1, 0.15) is 11.5 Å². The Kier molecular flexibility index (Phi) is 4.28. The van der Waals surface area contributed by atoms with Crippen molar-refractivity contribution in [2.24, 2.45) is 0 Å². The Morgan fingerprint density at radius 3 is 2.42 bits per heavy atom. The summed E-state index contributed by atoms with van der Waals surface area (Å²) >= 11 is 0. The van der Waals surface area contributed by atoms with Gasteiger partial charge in [-0.2, -0.15) is 0 Å². The van der Waals surface area contributed by atoms with Crippen LogP contribution in [0.3, 0.4) is 0 Å². The van der Waals surface area contributed by atoms with Crippen LogP contribution in [0.25, 0.3) is 0 Å². The van der Waals surface area contributed by atoms with E-state index in [9.17, 15) is 23.1 Å². The van der Waals surface area contributed by atoms with Crippen molar-refractivity contribution in [3.05, 3.63) is 17.2 Å². The van der Waals surface area contributed by atoms with E-state index in [1.165, 1.54) is 14.0 Å². The summed E-state index contributed by atoms with van der Waals surface area (Å²) in [5, 5.41) is 12.4. The van der Waals surface area contributed by atoms with Crippen LogP contribution in [0.1, 0.15) is 29.8 Å². The summed E-state index contributed by atoms with van der Waals surface area (Å²) in [4.78, 5) is 11.5. The monoisotopic (exact) mass is 277 g/mol. The molecule has 0 spiro atoms. The summed E-state index contributed by atoms with van der Waals surface area (Å²) < 4.78 is 40.9. The third-order valence-electron chi connectivity index (χ3n) is 2.57. The van der Waals surface area contributed by atoms with Crippen molar-refractivity contribution in [1.29, 1.82) is 0 Å². The van der Waals surface area contributed by atoms with Gasteiger partial charge in [0.2, 0.25) is 0 Å². The number of ketones is 1. The van der Waals surface area contributed by atoms with E-state index < -0.39 is 17.9 Å². The lowest BCUT2D eigenvalue weighted by atomic mass is 9.98. The van der Waals surface area contributed by atoms with Crippen LogP contribution in [0.5, 0.6) is 11.5 Å². The first-order valence-electron chi connectivity index (χ1n) is 5.54. The number of benzene rings is 1. The molecule has 1 rings (SSSR count). The quantitative estimate of drug-likeness (QED) is 0.656. The number of ether oxygens (including phenoxy) is 1. The molecule has 1 aromatic carbocycles. The molecule has 0 amide bonds. The molecule has 0 bridgehead atoms. The number of nitrogens with one attached hydrogen (secondary N) is 1. The van der Waals surface area contributed by atoms with Crippen LogP contribution in [0.2, 0.25) is 0 Å². The summed E-state index contributed by atoms with van der Waals surface area (Å²) in [6, 6.07) is 1.02. The molecule has 0 atom stereocenters. The average molecular weight is 277 g/mol. The molecule has 7 heteroatoms. The van der Waals surface area contributed by atoms with Gasteiger partial charge in [0.25, 0.3) is 0 Å². The smallest absolute Gasteiger partial charge is 0.505 e. The largest absolute Gasteiger partial charge is 0.573 e. The highest BCUT2D eigenvalue weighted by Gasteiger charge is 2.33. The van der Waals surface area contributed by atoms with E-state index in [4.69, 9.17) is 0 Å². The minimum atomic E-state index is -4.86. The van der Waals surface area contributed by atoms with Gasteiger partial charge in [0.05, 0.1) is 11.3 Å². The van der Waals surface area contributed by atoms with Crippen molar-refractivity contribution >= 4 is 11.5 Å². The Morgan fingerprint density at radius 1 is 1.47 bits per heavy atom. The first kappa shape index (κ1) is 15.1. The number of hydrogen-bond acceptors (Lipinski definition) is 4. The zero-order chi connectivity index (χ0) is 14.8. The summed E-state index contributed by atoms with van der Waals surface area (Å²) in [7, 11) is 1.42. The van der Waals surface area contributed by atoms with Gasteiger partial charge in [-0.05, 0) is 13.3 Å². The maximum absolute atomic E-state index is 12.3. The van der Waals surface area contributed by atoms with Gasteiger partial charge in [-0.3, -0.25) is 4.79 Å². The average Bonchev–Trinajstić information content (AvgIpc) is 2.27. The minimum absolute atomic E-state index is 0.00153. The Bertz CT molecular complexity index is 498. The number of carbonyl (C=O) groups excluding carboxylic acids is 1. The van der Waals surface area contributed by atoms with Crippen LogP contribution in [0.15, 0.2) is 6.07 Å². The molecule has 0 saturated carbocycles. The number of halogens is 3. The van der Waals surface area contributed by atoms with Gasteiger partial charge in [-0.1, -0.05) is 6.92 Å². The van der Waals surface area contributed by atoms with E-state index in [1.54, 1.807) is 6.92 Å². The van der Waals surface area contributed by atoms with Gasteiger partial charge in [0, 0.05) is 18.7 Å². The predicted octanol–water partition coefficient (Wildman–Crippen LogP) is 3.10. The number of hydrogen-bond donors (Lipinski definition) is 2. The number of phenols is 1. The summed E-state index contributed by atoms with van der Waals surface area (Å²) in [5.74, 6) is -1.39. The van der Waals surface area contributed by atoms with Crippen molar-refractivity contribution in [1.82, 2.24) is 0 Å². The summed E-state index contributed by atoms with van der Waals surface area (Å²) in [6.07, 6.45) is -4.74. The molecule has 106 valence electrons. The second kappa shape index (κ2) is 5.38. The molecule has 0 aliphatic heterocycles. The highest BCUT2D eigenvalue weighted by molar-refractivity contribution is 6.01. The topological polar surface area (TPSA) is 58.6 Å². The molecule has 4 nitrogen and oxygen atoms in total. The highest BCUT2D eigenvalue weighted by atomic mass is 19.4. The fourth-order valence-electron chi connectivity index (χ4n) is 1.82. The minimum Gasteiger partial charge on any atom is -0.505 e. The lowest BCUT2D eigenvalue weighted by molar-refractivity contribution is -0.274. The molecule has 0 heterocycles. The van der Waals surface area contributed by atoms with Crippen LogP contribution >= 0.6 is 0 Å². The van der Waals surface area contributed by atoms with Crippen molar-refractivity contribution in [3.63, 3.8) is 0 Å². The van der Waals surface area contributed by atoms with E-state index in [1.807, 2.05) is 0 Å². The Labute approximate surface area is 108 Å². The molecule has 0 fully saturated rings. The maximum Gasteiger partial charge on any atom is 0.573 e. The molecule has 0 aliphatic rings. The lowest BCUT2D eigenvalue weighted by Gasteiger charge is -2.18. The van der Waals surface area contributed by atoms with Crippen LogP contribution in [0, 0.1) is 0 Å². The second-order valence-corrected chi connectivity index (χ2v) is 3.83. The summed E-state index contributed by atoms with van der Waals surface area (Å²) in [5.41, 5.74) is -0.128. The predicted molar refractivity (Wildman–Crippen MR) is 63.7 cm³/mol. The van der Waals surface area contributed by atoms with Crippen LogP contribution in [-0.4, -0.2) is 24.3 Å². The van der Waals surface area contributed by atoms with Gasteiger partial charge in [-0.15, -0.1) is 13.2 Å². The van der Waals surface area contributed by atoms with Crippen LogP contribution in [-0.2, 0) is 6.42 Å². The summed E-state index contributed by atoms with van der Waals surface area (Å²) in [6.45, 7) is 2.74.